The van der Waals surface area contributed by atoms with Gasteiger partial charge in [0.05, 0.1) is 23.1 Å². The van der Waals surface area contributed by atoms with Crippen LogP contribution in [0.25, 0.3) is 10.9 Å². The zero-order chi connectivity index (χ0) is 22.7. The van der Waals surface area contributed by atoms with Gasteiger partial charge in [0.25, 0.3) is 11.8 Å². The number of fused-ring (bicyclic) bond motifs is 1. The number of hydrogen-bond acceptors (Lipinski definition) is 7. The first kappa shape index (κ1) is 21.7. The third-order valence-corrected chi connectivity index (χ3v) is 6.41. The van der Waals surface area contributed by atoms with Gasteiger partial charge in [0.15, 0.2) is 5.69 Å². The van der Waals surface area contributed by atoms with Gasteiger partial charge in [-0.25, -0.2) is 0 Å². The summed E-state index contributed by atoms with van der Waals surface area (Å²) in [5.41, 5.74) is 12.2. The highest BCUT2D eigenvalue weighted by molar-refractivity contribution is 7.09. The van der Waals surface area contributed by atoms with Gasteiger partial charge in [0, 0.05) is 11.4 Å². The maximum Gasteiger partial charge on any atom is 0.272 e. The van der Waals surface area contributed by atoms with Crippen LogP contribution in [0.1, 0.15) is 52.3 Å². The van der Waals surface area contributed by atoms with E-state index in [4.69, 9.17) is 11.5 Å². The number of para-hydroxylation sites is 1. The molecule has 0 aliphatic heterocycles. The largest absolute Gasteiger partial charge is 0.395 e. The van der Waals surface area contributed by atoms with Crippen LogP contribution in [-0.2, 0) is 4.79 Å². The van der Waals surface area contributed by atoms with E-state index in [9.17, 15) is 14.4 Å². The van der Waals surface area contributed by atoms with E-state index in [0.717, 1.165) is 48.1 Å². The van der Waals surface area contributed by atoms with Gasteiger partial charge in [-0.15, -0.1) is 0 Å². The molecule has 5 N–H and O–H groups in total. The van der Waals surface area contributed by atoms with Crippen LogP contribution in [0.3, 0.4) is 0 Å². The highest BCUT2D eigenvalue weighted by Gasteiger charge is 2.28. The summed E-state index contributed by atoms with van der Waals surface area (Å²) in [5.74, 6) is -1.62. The van der Waals surface area contributed by atoms with Crippen LogP contribution in [-0.4, -0.2) is 39.7 Å². The smallest absolute Gasteiger partial charge is 0.272 e. The number of pyridine rings is 1. The van der Waals surface area contributed by atoms with Crippen molar-refractivity contribution in [1.82, 2.24) is 14.7 Å². The second-order valence-electron chi connectivity index (χ2n) is 7.82. The number of anilines is 2. The molecule has 1 aliphatic carbocycles. The number of aromatic nitrogens is 2. The molecule has 3 aromatic rings. The number of nitrogens with zero attached hydrogens (tertiary/aromatic N) is 3. The molecule has 0 saturated heterocycles. The molecular formula is C22H24N6O3S. The first-order valence-corrected chi connectivity index (χ1v) is 11.2. The number of nitrogens with one attached hydrogen (secondary N) is 1. The Balaban J connectivity index is 1.65. The Morgan fingerprint density at radius 1 is 1.16 bits per heavy atom. The van der Waals surface area contributed by atoms with Crippen LogP contribution in [0.15, 0.2) is 36.5 Å². The lowest BCUT2D eigenvalue weighted by atomic mass is 9.95. The van der Waals surface area contributed by atoms with E-state index in [1.807, 2.05) is 24.3 Å². The molecule has 0 atom stereocenters. The Kier molecular flexibility index (Phi) is 6.31. The number of nitrogen functional groups attached to an aromatic ring is 1. The van der Waals surface area contributed by atoms with Crippen LogP contribution >= 0.6 is 11.5 Å². The predicted molar refractivity (Wildman–Crippen MR) is 123 cm³/mol. The number of rotatable bonds is 6. The number of hydrogen-bond donors (Lipinski definition) is 3. The van der Waals surface area contributed by atoms with Crippen molar-refractivity contribution in [3.63, 3.8) is 0 Å². The molecule has 4 rings (SSSR count). The highest BCUT2D eigenvalue weighted by Crippen LogP contribution is 2.27. The maximum atomic E-state index is 13.4. The standard InChI is InChI=1S/C22H24N6O3S/c23-18-19(21(24)30)27-32-20(18)22(31)28(12-17(29)26-14-7-2-1-3-8-14)15-10-13-6-4-5-9-16(13)25-11-15/h4-6,9-11,14H,1-3,7-8,12,23H2,(H2,24,30)(H,26,29). The normalized spacial score (nSPS) is 14.2. The Morgan fingerprint density at radius 3 is 2.62 bits per heavy atom. The monoisotopic (exact) mass is 452 g/mol. The van der Waals surface area contributed by atoms with Crippen molar-refractivity contribution < 1.29 is 14.4 Å². The lowest BCUT2D eigenvalue weighted by molar-refractivity contribution is -0.120. The number of carbonyl (C=O) groups is 3. The molecule has 2 heterocycles. The van der Waals surface area contributed by atoms with Crippen molar-refractivity contribution in [2.75, 3.05) is 17.2 Å². The minimum Gasteiger partial charge on any atom is -0.395 e. The minimum absolute atomic E-state index is 0.0532. The van der Waals surface area contributed by atoms with Gasteiger partial charge in [-0.1, -0.05) is 37.5 Å². The predicted octanol–water partition coefficient (Wildman–Crippen LogP) is 2.47. The lowest BCUT2D eigenvalue weighted by Gasteiger charge is -2.26. The molecule has 32 heavy (non-hydrogen) atoms. The summed E-state index contributed by atoms with van der Waals surface area (Å²) in [5, 5.41) is 3.85. The summed E-state index contributed by atoms with van der Waals surface area (Å²) in [6.07, 6.45) is 6.74. The van der Waals surface area contributed by atoms with E-state index < -0.39 is 11.8 Å². The molecular weight excluding hydrogens is 428 g/mol. The van der Waals surface area contributed by atoms with Crippen LogP contribution in [0, 0.1) is 0 Å². The second-order valence-corrected chi connectivity index (χ2v) is 8.59. The number of nitrogens with two attached hydrogens (primary N) is 2. The van der Waals surface area contributed by atoms with Gasteiger partial charge in [0.1, 0.15) is 11.4 Å². The third-order valence-electron chi connectivity index (χ3n) is 5.56. The SMILES string of the molecule is NC(=O)c1nsc(C(=O)N(CC(=O)NC2CCCCC2)c2cnc3ccccc3c2)c1N. The molecule has 1 saturated carbocycles. The fraction of sp³-hybridized carbons (Fsp3) is 0.318. The molecule has 0 unspecified atom stereocenters. The topological polar surface area (TPSA) is 144 Å². The molecule has 1 fully saturated rings. The highest BCUT2D eigenvalue weighted by atomic mass is 32.1. The Hall–Kier alpha value is -3.53. The van der Waals surface area contributed by atoms with Crippen molar-refractivity contribution in [2.24, 2.45) is 5.73 Å². The zero-order valence-electron chi connectivity index (χ0n) is 17.4. The van der Waals surface area contributed by atoms with Crippen LogP contribution in [0.4, 0.5) is 11.4 Å². The van der Waals surface area contributed by atoms with Gasteiger partial charge in [-0.3, -0.25) is 24.3 Å². The molecule has 1 aromatic carbocycles. The minimum atomic E-state index is -0.813. The number of primary amides is 1. The maximum absolute atomic E-state index is 13.4. The summed E-state index contributed by atoms with van der Waals surface area (Å²) in [6, 6.07) is 9.39. The molecule has 9 nitrogen and oxygen atoms in total. The van der Waals surface area contributed by atoms with Gasteiger partial charge in [-0.2, -0.15) is 4.37 Å². The van der Waals surface area contributed by atoms with Gasteiger partial charge >= 0.3 is 0 Å². The van der Waals surface area contributed by atoms with Crippen LogP contribution in [0.2, 0.25) is 0 Å². The van der Waals surface area contributed by atoms with E-state index in [2.05, 4.69) is 14.7 Å². The fourth-order valence-electron chi connectivity index (χ4n) is 3.90. The number of carbonyl (C=O) groups excluding carboxylic acids is 3. The molecule has 0 spiro atoms. The zero-order valence-corrected chi connectivity index (χ0v) is 18.2. The molecule has 2 aromatic heterocycles. The Labute approximate surface area is 189 Å². The lowest BCUT2D eigenvalue weighted by Crippen LogP contribution is -2.45. The fourth-order valence-corrected chi connectivity index (χ4v) is 4.66. The van der Waals surface area contributed by atoms with Gasteiger partial charge in [-0.05, 0) is 36.5 Å². The van der Waals surface area contributed by atoms with E-state index >= 15 is 0 Å². The average Bonchev–Trinajstić information content (AvgIpc) is 3.19. The molecule has 1 aliphatic rings. The molecule has 3 amide bonds. The Bertz CT molecular complexity index is 1170. The van der Waals surface area contributed by atoms with Crippen molar-refractivity contribution in [2.45, 2.75) is 38.1 Å². The third kappa shape index (κ3) is 4.54. The number of amides is 3. The summed E-state index contributed by atoms with van der Waals surface area (Å²) in [7, 11) is 0. The first-order chi connectivity index (χ1) is 15.4. The number of benzene rings is 1. The molecule has 0 bridgehead atoms. The van der Waals surface area contributed by atoms with Gasteiger partial charge < -0.3 is 16.8 Å². The van der Waals surface area contributed by atoms with Crippen LogP contribution < -0.4 is 21.7 Å². The summed E-state index contributed by atoms with van der Waals surface area (Å²) < 4.78 is 3.91. The van der Waals surface area contributed by atoms with Crippen molar-refractivity contribution >= 4 is 51.5 Å². The second kappa shape index (κ2) is 9.31. The Morgan fingerprint density at radius 2 is 1.91 bits per heavy atom. The van der Waals surface area contributed by atoms with E-state index in [1.165, 1.54) is 11.3 Å². The summed E-state index contributed by atoms with van der Waals surface area (Å²) in [6.45, 7) is -0.210. The average molecular weight is 453 g/mol. The summed E-state index contributed by atoms with van der Waals surface area (Å²) >= 11 is 0.783. The van der Waals surface area contributed by atoms with E-state index in [-0.39, 0.29) is 34.8 Å². The first-order valence-electron chi connectivity index (χ1n) is 10.4. The quantitative estimate of drug-likeness (QED) is 0.524. The van der Waals surface area contributed by atoms with Gasteiger partial charge in [0.2, 0.25) is 5.91 Å². The van der Waals surface area contributed by atoms with Crippen LogP contribution in [0.5, 0.6) is 0 Å². The van der Waals surface area contributed by atoms with Crippen molar-refractivity contribution in [3.8, 4) is 0 Å². The van der Waals surface area contributed by atoms with Crippen molar-refractivity contribution in [1.29, 1.82) is 0 Å². The van der Waals surface area contributed by atoms with E-state index in [0.29, 0.717) is 5.69 Å². The molecule has 0 radical (unpaired) electrons. The molecule has 10 heteroatoms. The molecule has 166 valence electrons. The van der Waals surface area contributed by atoms with Crippen molar-refractivity contribution in [3.05, 3.63) is 47.1 Å². The summed E-state index contributed by atoms with van der Waals surface area (Å²) in [4.78, 5) is 43.6. The van der Waals surface area contributed by atoms with E-state index in [1.54, 1.807) is 12.3 Å².